The van der Waals surface area contributed by atoms with Gasteiger partial charge in [0.05, 0.1) is 0 Å². The van der Waals surface area contributed by atoms with Crippen LogP contribution in [-0.2, 0) is 0 Å². The van der Waals surface area contributed by atoms with E-state index in [1.165, 1.54) is 43.8 Å². The first-order chi connectivity index (χ1) is 8.58. The van der Waals surface area contributed by atoms with Crippen LogP contribution in [0.25, 0.3) is 21.5 Å². The Morgan fingerprint density at radius 3 is 2.00 bits per heavy atom. The van der Waals surface area contributed by atoms with E-state index in [-0.39, 0.29) is 0 Å². The first-order valence-electron chi connectivity index (χ1n) is 6.48. The fourth-order valence-corrected chi connectivity index (χ4v) is 2.88. The predicted octanol–water partition coefficient (Wildman–Crippen LogP) is 5.23. The standard InChI is InChI=1S/C18H18/c1-11-9-13(3)15-7-8-16-14(4)12(2)5-6-17(16)18(15)10-11/h5-10H,1-4H3. The highest BCUT2D eigenvalue weighted by Gasteiger charge is 2.06. The third-order valence-corrected chi connectivity index (χ3v) is 4.02. The van der Waals surface area contributed by atoms with Gasteiger partial charge in [0, 0.05) is 0 Å². The zero-order valence-corrected chi connectivity index (χ0v) is 11.5. The SMILES string of the molecule is Cc1cc(C)c2ccc3c(C)c(C)ccc3c2c1. The zero-order valence-electron chi connectivity index (χ0n) is 11.5. The smallest absolute Gasteiger partial charge is 0.0100 e. The number of rotatable bonds is 0. The molecule has 0 N–H and O–H groups in total. The molecule has 0 heteroatoms. The highest BCUT2D eigenvalue weighted by Crippen LogP contribution is 2.31. The van der Waals surface area contributed by atoms with Gasteiger partial charge in [-0.25, -0.2) is 0 Å². The second-order valence-corrected chi connectivity index (χ2v) is 5.35. The number of fused-ring (bicyclic) bond motifs is 3. The molecule has 0 atom stereocenters. The maximum Gasteiger partial charge on any atom is -0.0100 e. The molecule has 0 aliphatic carbocycles. The van der Waals surface area contributed by atoms with Crippen molar-refractivity contribution in [1.82, 2.24) is 0 Å². The van der Waals surface area contributed by atoms with Gasteiger partial charge in [-0.05, 0) is 65.9 Å². The van der Waals surface area contributed by atoms with Gasteiger partial charge in [0.2, 0.25) is 0 Å². The zero-order chi connectivity index (χ0) is 12.9. The molecule has 0 amide bonds. The van der Waals surface area contributed by atoms with E-state index < -0.39 is 0 Å². The molecule has 0 aliphatic heterocycles. The molecule has 3 rings (SSSR count). The minimum Gasteiger partial charge on any atom is -0.0584 e. The Kier molecular flexibility index (Phi) is 2.41. The monoisotopic (exact) mass is 234 g/mol. The largest absolute Gasteiger partial charge is 0.0584 e. The average molecular weight is 234 g/mol. The van der Waals surface area contributed by atoms with Gasteiger partial charge in [-0.3, -0.25) is 0 Å². The molecule has 0 bridgehead atoms. The van der Waals surface area contributed by atoms with Crippen molar-refractivity contribution < 1.29 is 0 Å². The molecule has 18 heavy (non-hydrogen) atoms. The van der Waals surface area contributed by atoms with Crippen LogP contribution in [0.5, 0.6) is 0 Å². The lowest BCUT2D eigenvalue weighted by Gasteiger charge is -2.11. The van der Waals surface area contributed by atoms with E-state index >= 15 is 0 Å². The highest BCUT2D eigenvalue weighted by atomic mass is 14.1. The van der Waals surface area contributed by atoms with Crippen LogP contribution in [-0.4, -0.2) is 0 Å². The quantitative estimate of drug-likeness (QED) is 0.467. The van der Waals surface area contributed by atoms with Crippen LogP contribution in [0.3, 0.4) is 0 Å². The summed E-state index contributed by atoms with van der Waals surface area (Å²) in [5, 5.41) is 5.51. The molecule has 0 unspecified atom stereocenters. The van der Waals surface area contributed by atoms with E-state index in [0.717, 1.165) is 0 Å². The Bertz CT molecular complexity index is 764. The van der Waals surface area contributed by atoms with E-state index in [1.807, 2.05) is 0 Å². The number of benzene rings is 3. The minimum absolute atomic E-state index is 1.34. The van der Waals surface area contributed by atoms with Crippen molar-refractivity contribution in [3.8, 4) is 0 Å². The summed E-state index contributed by atoms with van der Waals surface area (Å²) in [6.07, 6.45) is 0. The Labute approximate surface area is 108 Å². The van der Waals surface area contributed by atoms with Crippen molar-refractivity contribution in [3.05, 3.63) is 58.7 Å². The van der Waals surface area contributed by atoms with Gasteiger partial charge in [0.15, 0.2) is 0 Å². The lowest BCUT2D eigenvalue weighted by atomic mass is 9.93. The maximum absolute atomic E-state index is 2.30. The Morgan fingerprint density at radius 2 is 1.22 bits per heavy atom. The fraction of sp³-hybridized carbons (Fsp3) is 0.222. The van der Waals surface area contributed by atoms with E-state index in [1.54, 1.807) is 0 Å². The van der Waals surface area contributed by atoms with Crippen molar-refractivity contribution in [2.75, 3.05) is 0 Å². The van der Waals surface area contributed by atoms with E-state index in [9.17, 15) is 0 Å². The lowest BCUT2D eigenvalue weighted by Crippen LogP contribution is -1.87. The van der Waals surface area contributed by atoms with E-state index in [2.05, 4.69) is 64.1 Å². The van der Waals surface area contributed by atoms with Crippen LogP contribution in [0.2, 0.25) is 0 Å². The predicted molar refractivity (Wildman–Crippen MR) is 80.4 cm³/mol. The third kappa shape index (κ3) is 1.53. The molecular weight excluding hydrogens is 216 g/mol. The molecule has 0 aromatic heterocycles. The number of hydrogen-bond acceptors (Lipinski definition) is 0. The summed E-state index contributed by atoms with van der Waals surface area (Å²) >= 11 is 0. The number of hydrogen-bond donors (Lipinski definition) is 0. The summed E-state index contributed by atoms with van der Waals surface area (Å²) in [7, 11) is 0. The Hall–Kier alpha value is -1.82. The van der Waals surface area contributed by atoms with Gasteiger partial charge in [0.1, 0.15) is 0 Å². The molecule has 0 aliphatic rings. The molecule has 0 spiro atoms. The molecule has 0 saturated heterocycles. The summed E-state index contributed by atoms with van der Waals surface area (Å²) in [5.74, 6) is 0. The Morgan fingerprint density at radius 1 is 0.556 bits per heavy atom. The van der Waals surface area contributed by atoms with Crippen molar-refractivity contribution in [1.29, 1.82) is 0 Å². The average Bonchev–Trinajstić information content (AvgIpc) is 2.33. The molecule has 0 nitrogen and oxygen atoms in total. The highest BCUT2D eigenvalue weighted by molar-refractivity contribution is 6.09. The van der Waals surface area contributed by atoms with Gasteiger partial charge < -0.3 is 0 Å². The molecular formula is C18H18. The molecule has 3 aromatic carbocycles. The van der Waals surface area contributed by atoms with Crippen molar-refractivity contribution >= 4 is 21.5 Å². The summed E-state index contributed by atoms with van der Waals surface area (Å²) in [4.78, 5) is 0. The molecule has 90 valence electrons. The van der Waals surface area contributed by atoms with Gasteiger partial charge >= 0.3 is 0 Å². The van der Waals surface area contributed by atoms with Gasteiger partial charge in [-0.15, -0.1) is 0 Å². The van der Waals surface area contributed by atoms with E-state index in [0.29, 0.717) is 0 Å². The fourth-order valence-electron chi connectivity index (χ4n) is 2.88. The van der Waals surface area contributed by atoms with Crippen molar-refractivity contribution in [2.45, 2.75) is 27.7 Å². The van der Waals surface area contributed by atoms with Crippen LogP contribution in [0.4, 0.5) is 0 Å². The summed E-state index contributed by atoms with van der Waals surface area (Å²) < 4.78 is 0. The summed E-state index contributed by atoms with van der Waals surface area (Å²) in [5.41, 5.74) is 5.47. The van der Waals surface area contributed by atoms with Crippen LogP contribution >= 0.6 is 0 Å². The van der Waals surface area contributed by atoms with Crippen LogP contribution in [0, 0.1) is 27.7 Å². The lowest BCUT2D eigenvalue weighted by molar-refractivity contribution is 1.38. The van der Waals surface area contributed by atoms with Gasteiger partial charge in [-0.2, -0.15) is 0 Å². The van der Waals surface area contributed by atoms with Crippen LogP contribution in [0.1, 0.15) is 22.3 Å². The number of aryl methyl sites for hydroxylation is 4. The third-order valence-electron chi connectivity index (χ3n) is 4.02. The molecule has 0 radical (unpaired) electrons. The molecule has 0 saturated carbocycles. The first-order valence-corrected chi connectivity index (χ1v) is 6.48. The van der Waals surface area contributed by atoms with Gasteiger partial charge in [0.25, 0.3) is 0 Å². The van der Waals surface area contributed by atoms with Gasteiger partial charge in [-0.1, -0.05) is 42.0 Å². The molecule has 3 aromatic rings. The Balaban J connectivity index is 2.58. The van der Waals surface area contributed by atoms with Crippen molar-refractivity contribution in [3.63, 3.8) is 0 Å². The van der Waals surface area contributed by atoms with Crippen LogP contribution < -0.4 is 0 Å². The minimum atomic E-state index is 1.34. The maximum atomic E-state index is 2.30. The second kappa shape index (κ2) is 3.84. The summed E-state index contributed by atoms with van der Waals surface area (Å²) in [6, 6.07) is 13.6. The van der Waals surface area contributed by atoms with Crippen LogP contribution in [0.15, 0.2) is 36.4 Å². The summed E-state index contributed by atoms with van der Waals surface area (Å²) in [6.45, 7) is 8.77. The topological polar surface area (TPSA) is 0 Å². The van der Waals surface area contributed by atoms with E-state index in [4.69, 9.17) is 0 Å². The second-order valence-electron chi connectivity index (χ2n) is 5.35. The molecule has 0 fully saturated rings. The first kappa shape index (κ1) is 11.3. The molecule has 0 heterocycles. The normalized spacial score (nSPS) is 11.3. The van der Waals surface area contributed by atoms with Crippen molar-refractivity contribution in [2.24, 2.45) is 0 Å².